The number of aliphatic imine (C=N–C) groups is 1. The Labute approximate surface area is 207 Å². The highest BCUT2D eigenvalue weighted by Crippen LogP contribution is 2.18. The van der Waals surface area contributed by atoms with Gasteiger partial charge in [0.1, 0.15) is 5.82 Å². The molecule has 8 heteroatoms. The first-order chi connectivity index (χ1) is 15.2. The van der Waals surface area contributed by atoms with Gasteiger partial charge in [0.15, 0.2) is 5.96 Å². The van der Waals surface area contributed by atoms with E-state index in [-0.39, 0.29) is 29.9 Å². The summed E-state index contributed by atoms with van der Waals surface area (Å²) >= 11 is 0. The van der Waals surface area contributed by atoms with Gasteiger partial charge in [-0.25, -0.2) is 4.98 Å². The maximum absolute atomic E-state index is 12.7. The van der Waals surface area contributed by atoms with E-state index in [0.717, 1.165) is 64.0 Å². The van der Waals surface area contributed by atoms with Gasteiger partial charge in [-0.3, -0.25) is 9.79 Å². The quantitative estimate of drug-likeness (QED) is 0.354. The van der Waals surface area contributed by atoms with Crippen molar-refractivity contribution in [2.45, 2.75) is 26.3 Å². The van der Waals surface area contributed by atoms with Crippen LogP contribution in [0.15, 0.2) is 53.7 Å². The molecule has 1 fully saturated rings. The van der Waals surface area contributed by atoms with Gasteiger partial charge in [0, 0.05) is 58.4 Å². The number of carbonyl (C=O) groups is 1. The van der Waals surface area contributed by atoms with Crippen molar-refractivity contribution in [1.29, 1.82) is 0 Å². The molecule has 1 amide bonds. The van der Waals surface area contributed by atoms with Crippen LogP contribution in [-0.4, -0.2) is 72.5 Å². The van der Waals surface area contributed by atoms with E-state index in [4.69, 9.17) is 4.99 Å². The molecule has 0 bridgehead atoms. The summed E-state index contributed by atoms with van der Waals surface area (Å²) in [7, 11) is 0. The highest BCUT2D eigenvalue weighted by Gasteiger charge is 2.22. The van der Waals surface area contributed by atoms with Gasteiger partial charge < -0.3 is 20.0 Å². The molecule has 32 heavy (non-hydrogen) atoms. The van der Waals surface area contributed by atoms with Gasteiger partial charge in [-0.05, 0) is 36.6 Å². The summed E-state index contributed by atoms with van der Waals surface area (Å²) in [5.74, 6) is 2.08. The lowest BCUT2D eigenvalue weighted by atomic mass is 10.0. The third-order valence-corrected chi connectivity index (χ3v) is 5.96. The van der Waals surface area contributed by atoms with Crippen molar-refractivity contribution in [3.8, 4) is 0 Å². The Balaban J connectivity index is 0.00000289. The van der Waals surface area contributed by atoms with Crippen molar-refractivity contribution in [2.24, 2.45) is 4.99 Å². The van der Waals surface area contributed by atoms with Crippen LogP contribution in [0.4, 0.5) is 5.82 Å². The van der Waals surface area contributed by atoms with E-state index in [1.165, 1.54) is 11.1 Å². The van der Waals surface area contributed by atoms with Crippen molar-refractivity contribution in [2.75, 3.05) is 50.7 Å². The number of hydrogen-bond donors (Lipinski definition) is 1. The molecule has 1 saturated heterocycles. The summed E-state index contributed by atoms with van der Waals surface area (Å²) in [5, 5.41) is 3.40. The maximum Gasteiger partial charge on any atom is 0.224 e. The Hall–Kier alpha value is -2.36. The van der Waals surface area contributed by atoms with E-state index < -0.39 is 0 Å². The number of pyridine rings is 1. The second kappa shape index (κ2) is 12.0. The second-order valence-corrected chi connectivity index (χ2v) is 7.98. The largest absolute Gasteiger partial charge is 0.357 e. The van der Waals surface area contributed by atoms with Crippen molar-refractivity contribution < 1.29 is 4.79 Å². The SMILES string of the molecule is CCNC(=NCCC(=O)N1CCN(c2ccccn2)CC1)N1CCc2ccccc2C1.I. The number of aromatic nitrogens is 1. The van der Waals surface area contributed by atoms with Crippen molar-refractivity contribution in [3.63, 3.8) is 0 Å². The average molecular weight is 548 g/mol. The highest BCUT2D eigenvalue weighted by molar-refractivity contribution is 14.0. The summed E-state index contributed by atoms with van der Waals surface area (Å²) < 4.78 is 0. The summed E-state index contributed by atoms with van der Waals surface area (Å²) in [6.07, 6.45) is 3.29. The van der Waals surface area contributed by atoms with Gasteiger partial charge in [0.05, 0.1) is 6.54 Å². The molecular formula is C24H33IN6O. The van der Waals surface area contributed by atoms with Gasteiger partial charge in [-0.1, -0.05) is 30.3 Å². The predicted molar refractivity (Wildman–Crippen MR) is 140 cm³/mol. The zero-order valence-corrected chi connectivity index (χ0v) is 21.1. The predicted octanol–water partition coefficient (Wildman–Crippen LogP) is 2.76. The minimum Gasteiger partial charge on any atom is -0.357 e. The van der Waals surface area contributed by atoms with Crippen LogP contribution in [0.2, 0.25) is 0 Å². The maximum atomic E-state index is 12.7. The molecule has 2 aliphatic heterocycles. The Morgan fingerprint density at radius 1 is 1.00 bits per heavy atom. The normalized spacial score (nSPS) is 16.3. The number of rotatable bonds is 5. The van der Waals surface area contributed by atoms with Crippen LogP contribution in [0.1, 0.15) is 24.5 Å². The molecule has 0 aliphatic carbocycles. The van der Waals surface area contributed by atoms with E-state index in [0.29, 0.717) is 13.0 Å². The minimum absolute atomic E-state index is 0. The van der Waals surface area contributed by atoms with Crippen LogP contribution in [0, 0.1) is 0 Å². The van der Waals surface area contributed by atoms with Gasteiger partial charge in [0.25, 0.3) is 0 Å². The molecule has 0 spiro atoms. The summed E-state index contributed by atoms with van der Waals surface area (Å²) in [4.78, 5) is 28.4. The van der Waals surface area contributed by atoms with Crippen LogP contribution < -0.4 is 10.2 Å². The Bertz CT molecular complexity index is 898. The van der Waals surface area contributed by atoms with Gasteiger partial charge in [-0.2, -0.15) is 0 Å². The Morgan fingerprint density at radius 3 is 2.47 bits per heavy atom. The number of nitrogens with zero attached hydrogens (tertiary/aromatic N) is 5. The highest BCUT2D eigenvalue weighted by atomic mass is 127. The number of amides is 1. The van der Waals surface area contributed by atoms with E-state index in [2.05, 4.69) is 51.3 Å². The van der Waals surface area contributed by atoms with E-state index in [9.17, 15) is 4.79 Å². The molecule has 1 aromatic carbocycles. The zero-order chi connectivity index (χ0) is 21.5. The number of carbonyl (C=O) groups excluding carboxylic acids is 1. The molecular weight excluding hydrogens is 515 g/mol. The standard InChI is InChI=1S/C24H32N6O.HI/c1-2-25-24(30-14-11-20-7-3-4-8-21(20)19-30)27-13-10-23(31)29-17-15-28(16-18-29)22-9-5-6-12-26-22;/h3-9,12H,2,10-11,13-19H2,1H3,(H,25,27);1H. The van der Waals surface area contributed by atoms with E-state index in [1.807, 2.05) is 29.3 Å². The Kier molecular flexibility index (Phi) is 9.13. The number of fused-ring (bicyclic) bond motifs is 1. The molecule has 4 rings (SSSR count). The van der Waals surface area contributed by atoms with Crippen LogP contribution in [-0.2, 0) is 17.8 Å². The third-order valence-electron chi connectivity index (χ3n) is 5.96. The molecule has 7 nitrogen and oxygen atoms in total. The first kappa shape index (κ1) is 24.3. The van der Waals surface area contributed by atoms with Gasteiger partial charge >= 0.3 is 0 Å². The van der Waals surface area contributed by atoms with Crippen molar-refractivity contribution in [1.82, 2.24) is 20.1 Å². The number of anilines is 1. The Morgan fingerprint density at radius 2 is 1.75 bits per heavy atom. The first-order valence-electron chi connectivity index (χ1n) is 11.3. The van der Waals surface area contributed by atoms with Crippen LogP contribution in [0.25, 0.3) is 0 Å². The minimum atomic E-state index is 0. The summed E-state index contributed by atoms with van der Waals surface area (Å²) in [6, 6.07) is 14.6. The molecule has 2 aliphatic rings. The summed E-state index contributed by atoms with van der Waals surface area (Å²) in [5.41, 5.74) is 2.79. The lowest BCUT2D eigenvalue weighted by Gasteiger charge is -2.35. The van der Waals surface area contributed by atoms with Gasteiger partial charge in [0.2, 0.25) is 5.91 Å². The first-order valence-corrected chi connectivity index (χ1v) is 11.3. The number of nitrogens with one attached hydrogen (secondary N) is 1. The third kappa shape index (κ3) is 6.11. The molecule has 0 unspecified atom stereocenters. The van der Waals surface area contributed by atoms with Gasteiger partial charge in [-0.15, -0.1) is 24.0 Å². The molecule has 0 atom stereocenters. The number of benzene rings is 1. The van der Waals surface area contributed by atoms with Crippen LogP contribution in [0.5, 0.6) is 0 Å². The molecule has 0 radical (unpaired) electrons. The fraction of sp³-hybridized carbons (Fsp3) is 0.458. The van der Waals surface area contributed by atoms with Crippen LogP contribution >= 0.6 is 24.0 Å². The van der Waals surface area contributed by atoms with E-state index >= 15 is 0 Å². The number of halogens is 1. The molecule has 3 heterocycles. The summed E-state index contributed by atoms with van der Waals surface area (Å²) in [6.45, 7) is 8.35. The fourth-order valence-corrected chi connectivity index (χ4v) is 4.24. The second-order valence-electron chi connectivity index (χ2n) is 7.98. The smallest absolute Gasteiger partial charge is 0.224 e. The number of piperazine rings is 1. The average Bonchev–Trinajstić information content (AvgIpc) is 2.84. The number of hydrogen-bond acceptors (Lipinski definition) is 4. The monoisotopic (exact) mass is 548 g/mol. The van der Waals surface area contributed by atoms with Crippen LogP contribution in [0.3, 0.4) is 0 Å². The molecule has 1 N–H and O–H groups in total. The molecule has 0 saturated carbocycles. The van der Waals surface area contributed by atoms with Crippen molar-refractivity contribution in [3.05, 3.63) is 59.8 Å². The molecule has 1 aromatic heterocycles. The van der Waals surface area contributed by atoms with E-state index in [1.54, 1.807) is 0 Å². The van der Waals surface area contributed by atoms with Crippen molar-refractivity contribution >= 4 is 41.7 Å². The zero-order valence-electron chi connectivity index (χ0n) is 18.7. The molecule has 2 aromatic rings. The molecule has 172 valence electrons. The lowest BCUT2D eigenvalue weighted by molar-refractivity contribution is -0.131. The lowest BCUT2D eigenvalue weighted by Crippen LogP contribution is -2.49. The fourth-order valence-electron chi connectivity index (χ4n) is 4.24. The topological polar surface area (TPSA) is 64.1 Å². The number of guanidine groups is 1.